The van der Waals surface area contributed by atoms with Gasteiger partial charge in [-0.3, -0.25) is 0 Å². The van der Waals surface area contributed by atoms with Crippen LogP contribution in [0.3, 0.4) is 0 Å². The first-order valence-corrected chi connectivity index (χ1v) is 8.22. The predicted molar refractivity (Wildman–Crippen MR) is 87.2 cm³/mol. The normalized spacial score (nSPS) is 19.4. The first-order chi connectivity index (χ1) is 10.1. The van der Waals surface area contributed by atoms with Gasteiger partial charge in [-0.1, -0.05) is 26.2 Å². The Balaban J connectivity index is 2.41. The number of anilines is 1. The third kappa shape index (κ3) is 3.55. The summed E-state index contributed by atoms with van der Waals surface area (Å²) in [6, 6.07) is 2.28. The molecule has 4 nitrogen and oxygen atoms in total. The molecule has 1 aliphatic carbocycles. The molecule has 1 fully saturated rings. The molecular weight excluding hydrogens is 262 g/mol. The van der Waals surface area contributed by atoms with E-state index in [2.05, 4.69) is 37.1 Å². The van der Waals surface area contributed by atoms with E-state index in [4.69, 9.17) is 10.5 Å². The fourth-order valence-electron chi connectivity index (χ4n) is 3.57. The van der Waals surface area contributed by atoms with E-state index in [-0.39, 0.29) is 11.6 Å². The van der Waals surface area contributed by atoms with Gasteiger partial charge in [0, 0.05) is 18.4 Å². The number of ether oxygens (including phenoxy) is 1. The van der Waals surface area contributed by atoms with Crippen molar-refractivity contribution in [3.63, 3.8) is 0 Å². The van der Waals surface area contributed by atoms with Gasteiger partial charge in [-0.2, -0.15) is 0 Å². The molecule has 0 bridgehead atoms. The van der Waals surface area contributed by atoms with Crippen molar-refractivity contribution in [1.82, 2.24) is 10.3 Å². The van der Waals surface area contributed by atoms with Crippen molar-refractivity contribution in [2.24, 2.45) is 0 Å². The molecule has 0 amide bonds. The number of nitrogens with two attached hydrogens (primary N) is 1. The Morgan fingerprint density at radius 3 is 2.67 bits per heavy atom. The summed E-state index contributed by atoms with van der Waals surface area (Å²) >= 11 is 0. The van der Waals surface area contributed by atoms with Crippen LogP contribution in [0.1, 0.15) is 63.1 Å². The Kier molecular flexibility index (Phi) is 5.59. The van der Waals surface area contributed by atoms with E-state index in [1.54, 1.807) is 0 Å². The van der Waals surface area contributed by atoms with Crippen molar-refractivity contribution >= 4 is 5.82 Å². The van der Waals surface area contributed by atoms with Gasteiger partial charge in [-0.25, -0.2) is 4.98 Å². The van der Waals surface area contributed by atoms with Gasteiger partial charge in [-0.05, 0) is 44.9 Å². The molecule has 1 aliphatic rings. The number of nitrogen functional groups attached to an aromatic ring is 1. The third-order valence-corrected chi connectivity index (χ3v) is 4.46. The molecule has 0 aromatic carbocycles. The average Bonchev–Trinajstić information content (AvgIpc) is 2.49. The predicted octanol–water partition coefficient (Wildman–Crippen LogP) is 3.36. The van der Waals surface area contributed by atoms with Crippen LogP contribution < -0.4 is 11.1 Å². The summed E-state index contributed by atoms with van der Waals surface area (Å²) in [4.78, 5) is 4.35. The zero-order valence-electron chi connectivity index (χ0n) is 13.6. The molecule has 0 spiro atoms. The quantitative estimate of drug-likeness (QED) is 0.843. The van der Waals surface area contributed by atoms with E-state index in [1.165, 1.54) is 19.3 Å². The number of aryl methyl sites for hydroxylation is 1. The second-order valence-corrected chi connectivity index (χ2v) is 6.04. The van der Waals surface area contributed by atoms with Gasteiger partial charge in [0.05, 0.1) is 11.6 Å². The van der Waals surface area contributed by atoms with E-state index < -0.39 is 0 Å². The number of pyridine rings is 1. The highest BCUT2D eigenvalue weighted by molar-refractivity contribution is 5.44. The molecule has 2 rings (SSSR count). The van der Waals surface area contributed by atoms with Gasteiger partial charge in [0.25, 0.3) is 0 Å². The lowest BCUT2D eigenvalue weighted by Crippen LogP contribution is -2.48. The molecule has 1 saturated carbocycles. The topological polar surface area (TPSA) is 60.2 Å². The maximum atomic E-state index is 6.29. The van der Waals surface area contributed by atoms with Gasteiger partial charge < -0.3 is 15.8 Å². The third-order valence-electron chi connectivity index (χ3n) is 4.46. The van der Waals surface area contributed by atoms with E-state index in [9.17, 15) is 0 Å². The lowest BCUT2D eigenvalue weighted by atomic mass is 9.76. The summed E-state index contributed by atoms with van der Waals surface area (Å²) in [7, 11) is 0. The van der Waals surface area contributed by atoms with Crippen molar-refractivity contribution in [2.75, 3.05) is 18.9 Å². The molecule has 0 saturated heterocycles. The zero-order chi connectivity index (χ0) is 15.3. The SMILES string of the molecule is CCNC(c1cc(C)cnc1N)C1(OCC)CCCCC1. The largest absolute Gasteiger partial charge is 0.383 e. The summed E-state index contributed by atoms with van der Waals surface area (Å²) in [5, 5.41) is 3.62. The molecule has 1 heterocycles. The lowest BCUT2D eigenvalue weighted by molar-refractivity contribution is -0.0909. The highest BCUT2D eigenvalue weighted by Crippen LogP contribution is 2.42. The van der Waals surface area contributed by atoms with Gasteiger partial charge >= 0.3 is 0 Å². The first kappa shape index (κ1) is 16.2. The Bertz CT molecular complexity index is 450. The van der Waals surface area contributed by atoms with Gasteiger partial charge in [-0.15, -0.1) is 0 Å². The van der Waals surface area contributed by atoms with Crippen molar-refractivity contribution in [3.05, 3.63) is 23.4 Å². The molecule has 1 unspecified atom stereocenters. The molecule has 1 atom stereocenters. The number of nitrogens with one attached hydrogen (secondary N) is 1. The van der Waals surface area contributed by atoms with Crippen LogP contribution in [0.2, 0.25) is 0 Å². The van der Waals surface area contributed by atoms with E-state index in [0.717, 1.165) is 37.1 Å². The molecule has 0 radical (unpaired) electrons. The molecule has 1 aromatic heterocycles. The minimum atomic E-state index is -0.146. The summed E-state index contributed by atoms with van der Waals surface area (Å²) in [6.45, 7) is 7.91. The molecule has 21 heavy (non-hydrogen) atoms. The standard InChI is InChI=1S/C17H29N3O/c1-4-19-15(14-11-13(3)12-20-16(14)18)17(21-5-2)9-7-6-8-10-17/h11-12,15,19H,4-10H2,1-3H3,(H2,18,20). The summed E-state index contributed by atoms with van der Waals surface area (Å²) < 4.78 is 6.29. The van der Waals surface area contributed by atoms with Crippen LogP contribution in [-0.2, 0) is 4.74 Å². The van der Waals surface area contributed by atoms with Crippen LogP contribution in [0.15, 0.2) is 12.3 Å². The second-order valence-electron chi connectivity index (χ2n) is 6.04. The summed E-state index contributed by atoms with van der Waals surface area (Å²) in [5.41, 5.74) is 8.26. The van der Waals surface area contributed by atoms with Crippen LogP contribution in [0.5, 0.6) is 0 Å². The number of nitrogens with zero attached hydrogens (tertiary/aromatic N) is 1. The minimum Gasteiger partial charge on any atom is -0.383 e. The Morgan fingerprint density at radius 1 is 1.33 bits per heavy atom. The second kappa shape index (κ2) is 7.23. The summed E-state index contributed by atoms with van der Waals surface area (Å²) in [6.07, 6.45) is 7.76. The molecule has 3 N–H and O–H groups in total. The monoisotopic (exact) mass is 291 g/mol. The number of hydrogen-bond acceptors (Lipinski definition) is 4. The smallest absolute Gasteiger partial charge is 0.128 e. The Hall–Kier alpha value is -1.13. The molecule has 1 aromatic rings. The van der Waals surface area contributed by atoms with Crippen LogP contribution in [0, 0.1) is 6.92 Å². The minimum absolute atomic E-state index is 0.121. The van der Waals surface area contributed by atoms with Crippen molar-refractivity contribution < 1.29 is 4.74 Å². The van der Waals surface area contributed by atoms with Crippen LogP contribution >= 0.6 is 0 Å². The van der Waals surface area contributed by atoms with Crippen LogP contribution in [0.4, 0.5) is 5.82 Å². The van der Waals surface area contributed by atoms with Crippen molar-refractivity contribution in [2.45, 2.75) is 64.5 Å². The highest BCUT2D eigenvalue weighted by Gasteiger charge is 2.42. The van der Waals surface area contributed by atoms with Crippen molar-refractivity contribution in [1.29, 1.82) is 0 Å². The lowest BCUT2D eigenvalue weighted by Gasteiger charge is -2.44. The van der Waals surface area contributed by atoms with Gasteiger partial charge in [0.2, 0.25) is 0 Å². The van der Waals surface area contributed by atoms with E-state index in [0.29, 0.717) is 5.82 Å². The Morgan fingerprint density at radius 2 is 2.05 bits per heavy atom. The fraction of sp³-hybridized carbons (Fsp3) is 0.706. The molecule has 0 aliphatic heterocycles. The number of aromatic nitrogens is 1. The molecule has 118 valence electrons. The first-order valence-electron chi connectivity index (χ1n) is 8.22. The molecular formula is C17H29N3O. The van der Waals surface area contributed by atoms with E-state index >= 15 is 0 Å². The van der Waals surface area contributed by atoms with Gasteiger partial charge in [0.1, 0.15) is 5.82 Å². The number of likely N-dealkylation sites (N-methyl/N-ethyl adjacent to an activating group) is 1. The number of hydrogen-bond donors (Lipinski definition) is 2. The van der Waals surface area contributed by atoms with E-state index in [1.807, 2.05) is 6.20 Å². The summed E-state index contributed by atoms with van der Waals surface area (Å²) in [5.74, 6) is 0.621. The Labute approximate surface area is 128 Å². The fourth-order valence-corrected chi connectivity index (χ4v) is 3.57. The highest BCUT2D eigenvalue weighted by atomic mass is 16.5. The van der Waals surface area contributed by atoms with Gasteiger partial charge in [0.15, 0.2) is 0 Å². The molecule has 4 heteroatoms. The van der Waals surface area contributed by atoms with Crippen LogP contribution in [0.25, 0.3) is 0 Å². The number of rotatable bonds is 6. The maximum Gasteiger partial charge on any atom is 0.128 e. The maximum absolute atomic E-state index is 6.29. The van der Waals surface area contributed by atoms with Crippen LogP contribution in [-0.4, -0.2) is 23.7 Å². The average molecular weight is 291 g/mol. The van der Waals surface area contributed by atoms with Crippen molar-refractivity contribution in [3.8, 4) is 0 Å². The zero-order valence-corrected chi connectivity index (χ0v) is 13.6.